The van der Waals surface area contributed by atoms with Crippen molar-refractivity contribution in [2.24, 2.45) is 5.73 Å². The SMILES string of the molecule is CCCCCC(N)CCSC. The number of rotatable bonds is 7. The van der Waals surface area contributed by atoms with Crippen molar-refractivity contribution in [1.29, 1.82) is 0 Å². The fourth-order valence-electron chi connectivity index (χ4n) is 1.07. The standard InChI is InChI=1S/C9H21NS/c1-3-4-5-6-9(10)7-8-11-2/h9H,3-8,10H2,1-2H3. The van der Waals surface area contributed by atoms with E-state index in [2.05, 4.69) is 13.2 Å². The van der Waals surface area contributed by atoms with Gasteiger partial charge in [0.2, 0.25) is 0 Å². The predicted octanol–water partition coefficient (Wildman–Crippen LogP) is 2.65. The van der Waals surface area contributed by atoms with Crippen LogP contribution in [0.2, 0.25) is 0 Å². The molecule has 0 bridgehead atoms. The smallest absolute Gasteiger partial charge is 0.00466 e. The van der Waals surface area contributed by atoms with Crippen molar-refractivity contribution in [2.45, 2.75) is 45.1 Å². The average Bonchev–Trinajstić information content (AvgIpc) is 2.01. The third kappa shape index (κ3) is 8.21. The first-order valence-electron chi connectivity index (χ1n) is 4.55. The molecule has 2 N–H and O–H groups in total. The van der Waals surface area contributed by atoms with Crippen molar-refractivity contribution in [3.05, 3.63) is 0 Å². The molecular weight excluding hydrogens is 154 g/mol. The van der Waals surface area contributed by atoms with E-state index in [-0.39, 0.29) is 0 Å². The molecule has 2 heteroatoms. The quantitative estimate of drug-likeness (QED) is 0.602. The van der Waals surface area contributed by atoms with Gasteiger partial charge in [0.1, 0.15) is 0 Å². The fraction of sp³-hybridized carbons (Fsp3) is 1.00. The van der Waals surface area contributed by atoms with Gasteiger partial charge in [-0.15, -0.1) is 0 Å². The summed E-state index contributed by atoms with van der Waals surface area (Å²) in [6.07, 6.45) is 8.49. The van der Waals surface area contributed by atoms with E-state index in [0.29, 0.717) is 6.04 Å². The van der Waals surface area contributed by atoms with Crippen molar-refractivity contribution in [2.75, 3.05) is 12.0 Å². The highest BCUT2D eigenvalue weighted by molar-refractivity contribution is 7.98. The summed E-state index contributed by atoms with van der Waals surface area (Å²) >= 11 is 1.89. The van der Waals surface area contributed by atoms with E-state index in [1.807, 2.05) is 11.8 Å². The summed E-state index contributed by atoms with van der Waals surface area (Å²) in [4.78, 5) is 0. The fourth-order valence-corrected chi connectivity index (χ4v) is 1.61. The van der Waals surface area contributed by atoms with E-state index < -0.39 is 0 Å². The van der Waals surface area contributed by atoms with Gasteiger partial charge in [0.25, 0.3) is 0 Å². The van der Waals surface area contributed by atoms with Crippen LogP contribution in [0.1, 0.15) is 39.0 Å². The summed E-state index contributed by atoms with van der Waals surface area (Å²) in [6.45, 7) is 2.23. The Morgan fingerprint density at radius 2 is 2.00 bits per heavy atom. The van der Waals surface area contributed by atoms with Crippen molar-refractivity contribution >= 4 is 11.8 Å². The molecule has 0 fully saturated rings. The Kier molecular flexibility index (Phi) is 8.64. The normalized spacial score (nSPS) is 13.4. The average molecular weight is 175 g/mol. The zero-order chi connectivity index (χ0) is 8.53. The molecule has 0 radical (unpaired) electrons. The number of hydrogen-bond acceptors (Lipinski definition) is 2. The molecule has 0 aromatic heterocycles. The molecule has 0 aliphatic heterocycles. The molecule has 68 valence electrons. The van der Waals surface area contributed by atoms with Gasteiger partial charge in [-0.2, -0.15) is 11.8 Å². The molecule has 0 heterocycles. The zero-order valence-electron chi connectivity index (χ0n) is 7.81. The molecule has 0 rings (SSSR count). The molecule has 11 heavy (non-hydrogen) atoms. The topological polar surface area (TPSA) is 26.0 Å². The molecule has 1 nitrogen and oxygen atoms in total. The van der Waals surface area contributed by atoms with Gasteiger partial charge < -0.3 is 5.73 Å². The van der Waals surface area contributed by atoms with Crippen LogP contribution in [-0.2, 0) is 0 Å². The lowest BCUT2D eigenvalue weighted by molar-refractivity contribution is 0.550. The van der Waals surface area contributed by atoms with Gasteiger partial charge in [-0.05, 0) is 24.9 Å². The minimum atomic E-state index is 0.453. The highest BCUT2D eigenvalue weighted by Gasteiger charge is 2.00. The van der Waals surface area contributed by atoms with Crippen LogP contribution in [-0.4, -0.2) is 18.1 Å². The Morgan fingerprint density at radius 3 is 2.55 bits per heavy atom. The monoisotopic (exact) mass is 175 g/mol. The Morgan fingerprint density at radius 1 is 1.27 bits per heavy atom. The molecule has 0 spiro atoms. The Balaban J connectivity index is 3.02. The first kappa shape index (κ1) is 11.3. The third-order valence-corrected chi connectivity index (χ3v) is 2.52. The second-order valence-electron chi connectivity index (χ2n) is 3.04. The van der Waals surface area contributed by atoms with Crippen LogP contribution in [0.4, 0.5) is 0 Å². The largest absolute Gasteiger partial charge is 0.328 e. The molecular formula is C9H21NS. The molecule has 0 amide bonds. The molecule has 1 atom stereocenters. The van der Waals surface area contributed by atoms with Gasteiger partial charge in [-0.1, -0.05) is 26.2 Å². The maximum Gasteiger partial charge on any atom is 0.00466 e. The Bertz CT molecular complexity index is 76.0. The maximum absolute atomic E-state index is 5.89. The third-order valence-electron chi connectivity index (χ3n) is 1.87. The zero-order valence-corrected chi connectivity index (χ0v) is 8.62. The number of hydrogen-bond donors (Lipinski definition) is 1. The minimum absolute atomic E-state index is 0.453. The van der Waals surface area contributed by atoms with Gasteiger partial charge >= 0.3 is 0 Å². The molecule has 0 aromatic carbocycles. The summed E-state index contributed by atoms with van der Waals surface area (Å²) in [6, 6.07) is 0.453. The second kappa shape index (κ2) is 8.41. The van der Waals surface area contributed by atoms with Gasteiger partial charge in [-0.25, -0.2) is 0 Å². The highest BCUT2D eigenvalue weighted by Crippen LogP contribution is 2.06. The lowest BCUT2D eigenvalue weighted by Gasteiger charge is -2.09. The molecule has 0 aliphatic rings. The minimum Gasteiger partial charge on any atom is -0.328 e. The van der Waals surface area contributed by atoms with Crippen molar-refractivity contribution in [3.63, 3.8) is 0 Å². The van der Waals surface area contributed by atoms with E-state index in [4.69, 9.17) is 5.73 Å². The van der Waals surface area contributed by atoms with Crippen molar-refractivity contribution in [1.82, 2.24) is 0 Å². The van der Waals surface area contributed by atoms with E-state index >= 15 is 0 Å². The van der Waals surface area contributed by atoms with Gasteiger partial charge in [0.05, 0.1) is 0 Å². The lowest BCUT2D eigenvalue weighted by Crippen LogP contribution is -2.20. The number of unbranched alkanes of at least 4 members (excludes halogenated alkanes) is 2. The molecule has 0 aromatic rings. The summed E-state index contributed by atoms with van der Waals surface area (Å²) in [5.41, 5.74) is 5.89. The van der Waals surface area contributed by atoms with Gasteiger partial charge in [-0.3, -0.25) is 0 Å². The first-order chi connectivity index (χ1) is 5.31. The van der Waals surface area contributed by atoms with Crippen molar-refractivity contribution in [3.8, 4) is 0 Å². The van der Waals surface area contributed by atoms with Gasteiger partial charge in [0, 0.05) is 6.04 Å². The van der Waals surface area contributed by atoms with E-state index in [1.54, 1.807) is 0 Å². The second-order valence-corrected chi connectivity index (χ2v) is 4.02. The highest BCUT2D eigenvalue weighted by atomic mass is 32.2. The summed E-state index contributed by atoms with van der Waals surface area (Å²) in [7, 11) is 0. The molecule has 0 saturated carbocycles. The van der Waals surface area contributed by atoms with E-state index in [0.717, 1.165) is 0 Å². The molecule has 0 aliphatic carbocycles. The van der Waals surface area contributed by atoms with Crippen LogP contribution in [0.3, 0.4) is 0 Å². The van der Waals surface area contributed by atoms with Crippen LogP contribution < -0.4 is 5.73 Å². The Hall–Kier alpha value is 0.310. The summed E-state index contributed by atoms with van der Waals surface area (Å²) in [5, 5.41) is 0. The number of thioether (sulfide) groups is 1. The Labute approximate surface area is 75.1 Å². The number of nitrogens with two attached hydrogens (primary N) is 1. The molecule has 0 saturated heterocycles. The summed E-state index contributed by atoms with van der Waals surface area (Å²) < 4.78 is 0. The predicted molar refractivity (Wildman–Crippen MR) is 55.1 cm³/mol. The lowest BCUT2D eigenvalue weighted by atomic mass is 10.1. The maximum atomic E-state index is 5.89. The van der Waals surface area contributed by atoms with E-state index in [9.17, 15) is 0 Å². The van der Waals surface area contributed by atoms with Crippen LogP contribution in [0.25, 0.3) is 0 Å². The van der Waals surface area contributed by atoms with Crippen molar-refractivity contribution < 1.29 is 0 Å². The van der Waals surface area contributed by atoms with Crippen LogP contribution in [0.15, 0.2) is 0 Å². The summed E-state index contributed by atoms with van der Waals surface area (Å²) in [5.74, 6) is 1.22. The van der Waals surface area contributed by atoms with Crippen LogP contribution in [0.5, 0.6) is 0 Å². The van der Waals surface area contributed by atoms with Gasteiger partial charge in [0.15, 0.2) is 0 Å². The van der Waals surface area contributed by atoms with E-state index in [1.165, 1.54) is 37.9 Å². The molecule has 1 unspecified atom stereocenters. The van der Waals surface area contributed by atoms with Crippen LogP contribution >= 0.6 is 11.8 Å². The van der Waals surface area contributed by atoms with Crippen LogP contribution in [0, 0.1) is 0 Å². The first-order valence-corrected chi connectivity index (χ1v) is 5.95.